The summed E-state index contributed by atoms with van der Waals surface area (Å²) in [4.78, 5) is 0. The molecule has 4 heteroatoms. The first kappa shape index (κ1) is 12.7. The summed E-state index contributed by atoms with van der Waals surface area (Å²) in [6, 6.07) is 7.12. The van der Waals surface area contributed by atoms with Crippen molar-refractivity contribution < 1.29 is 8.42 Å². The quantitative estimate of drug-likeness (QED) is 0.736. The van der Waals surface area contributed by atoms with Crippen LogP contribution in [0.3, 0.4) is 0 Å². The summed E-state index contributed by atoms with van der Waals surface area (Å²) in [6.07, 6.45) is 3.57. The molecule has 1 aromatic rings. The van der Waals surface area contributed by atoms with E-state index < -0.39 is 15.3 Å². The van der Waals surface area contributed by atoms with Gasteiger partial charge in [0, 0.05) is 0 Å². The Kier molecular flexibility index (Phi) is 4.04. The average Bonchev–Trinajstić information content (AvgIpc) is 2.20. The van der Waals surface area contributed by atoms with Gasteiger partial charge in [-0.2, -0.15) is 0 Å². The van der Waals surface area contributed by atoms with Crippen LogP contribution in [0.25, 0.3) is 0 Å². The third kappa shape index (κ3) is 2.81. The first-order valence-corrected chi connectivity index (χ1v) is 6.35. The van der Waals surface area contributed by atoms with Crippen LogP contribution < -0.4 is 5.14 Å². The van der Waals surface area contributed by atoms with Gasteiger partial charge in [-0.05, 0) is 17.5 Å². The maximum atomic E-state index is 11.3. The fourth-order valence-corrected chi connectivity index (χ4v) is 2.39. The average molecular weight is 236 g/mol. The Morgan fingerprint density at radius 2 is 1.94 bits per heavy atom. The van der Waals surface area contributed by atoms with Crippen molar-refractivity contribution in [2.75, 3.05) is 0 Å². The Morgan fingerprint density at radius 3 is 2.44 bits per heavy atom. The van der Waals surface area contributed by atoms with Gasteiger partial charge < -0.3 is 0 Å². The normalized spacial score (nSPS) is 13.1. The highest BCUT2D eigenvalue weighted by molar-refractivity contribution is 7.89. The summed E-state index contributed by atoms with van der Waals surface area (Å²) in [5.74, 6) is 0. The summed E-state index contributed by atoms with van der Waals surface area (Å²) in [6.45, 7) is 7.10. The molecule has 0 heterocycles. The third-order valence-corrected chi connectivity index (χ3v) is 3.39. The molecule has 1 aromatic carbocycles. The lowest BCUT2D eigenvalue weighted by molar-refractivity contribution is 0.590. The van der Waals surface area contributed by atoms with Gasteiger partial charge in [0.25, 0.3) is 0 Å². The fraction of sp³-hybridized carbons (Fsp3) is 0.167. The van der Waals surface area contributed by atoms with Crippen LogP contribution in [0.4, 0.5) is 0 Å². The summed E-state index contributed by atoms with van der Waals surface area (Å²) >= 11 is 0. The summed E-state index contributed by atoms with van der Waals surface area (Å²) in [7, 11) is -3.91. The second-order valence-corrected chi connectivity index (χ2v) is 4.99. The number of allylic oxidation sites excluding steroid dienone is 1. The number of nitrogens with one attached hydrogen (secondary N) is 1. The van der Waals surface area contributed by atoms with E-state index in [0.29, 0.717) is 12.0 Å². The first-order chi connectivity index (χ1) is 7.50. The van der Waals surface area contributed by atoms with Crippen LogP contribution in [-0.4, -0.2) is 8.42 Å². The molecule has 0 amide bonds. The molecule has 3 nitrogen and oxygen atoms in total. The lowest BCUT2D eigenvalue weighted by atomic mass is 10.0. The Labute approximate surface area is 96.3 Å². The van der Waals surface area contributed by atoms with Crippen molar-refractivity contribution in [1.29, 1.82) is 0 Å². The summed E-state index contributed by atoms with van der Waals surface area (Å²) in [5, 5.41) is 6.16. The number of hydrogen-bond acceptors (Lipinski definition) is 2. The van der Waals surface area contributed by atoms with Gasteiger partial charge in [-0.25, -0.2) is 8.42 Å². The molecule has 85 valence electrons. The maximum absolute atomic E-state index is 11.3. The third-order valence-electron chi connectivity index (χ3n) is 2.27. The zero-order valence-corrected chi connectivity index (χ0v) is 9.70. The van der Waals surface area contributed by atoms with E-state index in [1.165, 1.54) is 6.08 Å². The Hall–Kier alpha value is -1.39. The SMILES string of the molecule is C=CCc1ccccc1C(C=C)S([NH])(=O)=O. The monoisotopic (exact) mass is 236 g/mol. The minimum Gasteiger partial charge on any atom is -0.210 e. The van der Waals surface area contributed by atoms with E-state index in [-0.39, 0.29) is 0 Å². The first-order valence-electron chi connectivity index (χ1n) is 4.80. The molecule has 1 unspecified atom stereocenters. The highest BCUT2D eigenvalue weighted by Crippen LogP contribution is 2.25. The van der Waals surface area contributed by atoms with E-state index in [9.17, 15) is 8.42 Å². The highest BCUT2D eigenvalue weighted by atomic mass is 32.2. The van der Waals surface area contributed by atoms with Crippen LogP contribution >= 0.6 is 0 Å². The number of benzene rings is 1. The largest absolute Gasteiger partial charge is 0.235 e. The van der Waals surface area contributed by atoms with Crippen LogP contribution in [0.2, 0.25) is 0 Å². The van der Waals surface area contributed by atoms with Gasteiger partial charge in [0.2, 0.25) is 10.0 Å². The predicted molar refractivity (Wildman–Crippen MR) is 65.3 cm³/mol. The molecular formula is C12H14NO2S. The number of rotatable bonds is 5. The van der Waals surface area contributed by atoms with Crippen LogP contribution in [0, 0.1) is 0 Å². The van der Waals surface area contributed by atoms with Crippen molar-refractivity contribution in [2.45, 2.75) is 11.7 Å². The lowest BCUT2D eigenvalue weighted by Crippen LogP contribution is -2.13. The zero-order valence-electron chi connectivity index (χ0n) is 8.89. The van der Waals surface area contributed by atoms with Gasteiger partial charge >= 0.3 is 0 Å². The lowest BCUT2D eigenvalue weighted by Gasteiger charge is -2.13. The summed E-state index contributed by atoms with van der Waals surface area (Å²) < 4.78 is 22.6. The van der Waals surface area contributed by atoms with Gasteiger partial charge in [-0.1, -0.05) is 36.4 Å². The molecule has 0 saturated heterocycles. The zero-order chi connectivity index (χ0) is 12.2. The second-order valence-electron chi connectivity index (χ2n) is 3.39. The number of sulfonamides is 1. The molecule has 0 aliphatic heterocycles. The molecule has 1 atom stereocenters. The van der Waals surface area contributed by atoms with Gasteiger partial charge in [0.05, 0.1) is 0 Å². The van der Waals surface area contributed by atoms with Crippen LogP contribution in [0.5, 0.6) is 0 Å². The topological polar surface area (TPSA) is 57.9 Å². The molecule has 1 radical (unpaired) electrons. The summed E-state index contributed by atoms with van der Waals surface area (Å²) in [5.41, 5.74) is 1.46. The smallest absolute Gasteiger partial charge is 0.210 e. The van der Waals surface area contributed by atoms with E-state index in [0.717, 1.165) is 5.56 Å². The molecule has 0 aliphatic rings. The molecule has 0 aliphatic carbocycles. The molecule has 0 aromatic heterocycles. The van der Waals surface area contributed by atoms with Crippen LogP contribution in [0.15, 0.2) is 49.6 Å². The van der Waals surface area contributed by atoms with Crippen molar-refractivity contribution in [1.82, 2.24) is 5.14 Å². The molecule has 1 rings (SSSR count). The molecular weight excluding hydrogens is 222 g/mol. The van der Waals surface area contributed by atoms with E-state index in [4.69, 9.17) is 5.14 Å². The van der Waals surface area contributed by atoms with Crippen LogP contribution in [-0.2, 0) is 16.4 Å². The minimum atomic E-state index is -3.91. The van der Waals surface area contributed by atoms with Gasteiger partial charge in [0.15, 0.2) is 0 Å². The Balaban J connectivity index is 3.30. The van der Waals surface area contributed by atoms with Crippen molar-refractivity contribution in [2.24, 2.45) is 0 Å². The fourth-order valence-electron chi connectivity index (χ4n) is 1.57. The van der Waals surface area contributed by atoms with Crippen LogP contribution in [0.1, 0.15) is 16.4 Å². The Morgan fingerprint density at radius 1 is 1.31 bits per heavy atom. The Bertz CT molecular complexity index is 491. The molecule has 16 heavy (non-hydrogen) atoms. The van der Waals surface area contributed by atoms with E-state index in [1.807, 2.05) is 12.1 Å². The van der Waals surface area contributed by atoms with E-state index >= 15 is 0 Å². The van der Waals surface area contributed by atoms with E-state index in [2.05, 4.69) is 13.2 Å². The van der Waals surface area contributed by atoms with Gasteiger partial charge in [-0.3, -0.25) is 0 Å². The minimum absolute atomic E-state index is 0.579. The van der Waals surface area contributed by atoms with E-state index in [1.54, 1.807) is 18.2 Å². The van der Waals surface area contributed by atoms with Crippen molar-refractivity contribution in [3.05, 3.63) is 60.7 Å². The highest BCUT2D eigenvalue weighted by Gasteiger charge is 2.22. The second kappa shape index (κ2) is 5.09. The standard InChI is InChI=1S/C12H14NO2S/c1-3-7-10-8-5-6-9-11(10)12(4-2)16(13,14)15/h3-6,8-9,12-13H,1-2,7H2. The van der Waals surface area contributed by atoms with Crippen molar-refractivity contribution in [3.63, 3.8) is 0 Å². The van der Waals surface area contributed by atoms with Crippen molar-refractivity contribution >= 4 is 10.0 Å². The van der Waals surface area contributed by atoms with Gasteiger partial charge in [-0.15, -0.1) is 18.3 Å². The van der Waals surface area contributed by atoms with Crippen molar-refractivity contribution in [3.8, 4) is 0 Å². The molecule has 1 N–H and O–H groups in total. The van der Waals surface area contributed by atoms with Gasteiger partial charge in [0.1, 0.15) is 5.25 Å². The molecule has 0 fully saturated rings. The number of hydrogen-bond donors (Lipinski definition) is 0. The molecule has 0 saturated carbocycles. The molecule has 0 spiro atoms. The molecule has 0 bridgehead atoms. The maximum Gasteiger partial charge on any atom is 0.235 e. The predicted octanol–water partition coefficient (Wildman–Crippen LogP) is 2.25.